The quantitative estimate of drug-likeness (QED) is 0.817. The minimum atomic E-state index is -0.236. The molecule has 5 heteroatoms. The molecule has 0 aliphatic heterocycles. The van der Waals surface area contributed by atoms with Gasteiger partial charge in [-0.3, -0.25) is 4.79 Å². The lowest BCUT2D eigenvalue weighted by Gasteiger charge is -2.33. The van der Waals surface area contributed by atoms with Crippen LogP contribution in [-0.2, 0) is 0 Å². The summed E-state index contributed by atoms with van der Waals surface area (Å²) in [6, 6.07) is 5.69. The second-order valence-corrected chi connectivity index (χ2v) is 5.46. The van der Waals surface area contributed by atoms with Crippen LogP contribution in [0.1, 0.15) is 24.2 Å². The van der Waals surface area contributed by atoms with Gasteiger partial charge < -0.3 is 4.90 Å². The van der Waals surface area contributed by atoms with E-state index < -0.39 is 0 Å². The van der Waals surface area contributed by atoms with Crippen molar-refractivity contribution in [3.63, 3.8) is 0 Å². The van der Waals surface area contributed by atoms with Crippen molar-refractivity contribution in [2.24, 2.45) is 0 Å². The van der Waals surface area contributed by atoms with Crippen molar-refractivity contribution in [1.29, 1.82) is 0 Å². The zero-order valence-corrected chi connectivity index (χ0v) is 12.3. The van der Waals surface area contributed by atoms with Crippen LogP contribution in [0.3, 0.4) is 0 Å². The van der Waals surface area contributed by atoms with Gasteiger partial charge in [-0.25, -0.2) is 4.52 Å². The zero-order valence-electron chi connectivity index (χ0n) is 10.7. The minimum absolute atomic E-state index is 0.0133. The maximum atomic E-state index is 12.5. The van der Waals surface area contributed by atoms with E-state index >= 15 is 0 Å². The van der Waals surface area contributed by atoms with E-state index in [0.717, 1.165) is 10.8 Å². The van der Waals surface area contributed by atoms with Crippen molar-refractivity contribution in [3.05, 3.63) is 36.2 Å². The Morgan fingerprint density at radius 3 is 2.89 bits per heavy atom. The summed E-state index contributed by atoms with van der Waals surface area (Å²) in [6.45, 7) is 4.04. The SMILES string of the molecule is CN(C(=O)c1cnn2ccccc12)C(C)(C)CBr. The molecule has 0 bridgehead atoms. The van der Waals surface area contributed by atoms with Crippen molar-refractivity contribution >= 4 is 27.4 Å². The second kappa shape index (κ2) is 4.72. The molecular weight excluding hydrogens is 294 g/mol. The van der Waals surface area contributed by atoms with E-state index in [9.17, 15) is 4.79 Å². The van der Waals surface area contributed by atoms with Gasteiger partial charge in [0.15, 0.2) is 0 Å². The van der Waals surface area contributed by atoms with Crippen molar-refractivity contribution < 1.29 is 4.79 Å². The van der Waals surface area contributed by atoms with Crippen molar-refractivity contribution in [2.45, 2.75) is 19.4 Å². The van der Waals surface area contributed by atoms with Gasteiger partial charge in [0.05, 0.1) is 17.3 Å². The summed E-state index contributed by atoms with van der Waals surface area (Å²) in [4.78, 5) is 14.2. The van der Waals surface area contributed by atoms with E-state index in [0.29, 0.717) is 5.56 Å². The lowest BCUT2D eigenvalue weighted by atomic mass is 10.1. The van der Waals surface area contributed by atoms with E-state index in [1.807, 2.05) is 45.3 Å². The van der Waals surface area contributed by atoms with Crippen molar-refractivity contribution in [2.75, 3.05) is 12.4 Å². The predicted octanol–water partition coefficient (Wildman–Crippen LogP) is 2.58. The molecule has 0 aliphatic carbocycles. The first-order valence-electron chi connectivity index (χ1n) is 5.74. The summed E-state index contributed by atoms with van der Waals surface area (Å²) >= 11 is 3.44. The Bertz CT molecular complexity index is 576. The molecule has 0 saturated heterocycles. The molecule has 0 fully saturated rings. The van der Waals surface area contributed by atoms with Gasteiger partial charge in [0.25, 0.3) is 5.91 Å². The number of amides is 1. The van der Waals surface area contributed by atoms with Crippen molar-refractivity contribution in [1.82, 2.24) is 14.5 Å². The number of rotatable bonds is 3. The number of fused-ring (bicyclic) bond motifs is 1. The van der Waals surface area contributed by atoms with E-state index in [1.54, 1.807) is 15.6 Å². The van der Waals surface area contributed by atoms with Crippen LogP contribution in [0.15, 0.2) is 30.6 Å². The lowest BCUT2D eigenvalue weighted by Crippen LogP contribution is -2.46. The number of carbonyl (C=O) groups excluding carboxylic acids is 1. The third kappa shape index (κ3) is 2.14. The summed E-state index contributed by atoms with van der Waals surface area (Å²) in [6.07, 6.45) is 3.46. The molecule has 2 rings (SSSR count). The molecule has 1 amide bonds. The number of carbonyl (C=O) groups is 1. The molecule has 0 aliphatic rings. The molecule has 0 atom stereocenters. The van der Waals surface area contributed by atoms with Crippen LogP contribution in [0.2, 0.25) is 0 Å². The average molecular weight is 310 g/mol. The average Bonchev–Trinajstić information content (AvgIpc) is 2.80. The lowest BCUT2D eigenvalue weighted by molar-refractivity contribution is 0.0665. The van der Waals surface area contributed by atoms with Crippen LogP contribution in [0.25, 0.3) is 5.52 Å². The smallest absolute Gasteiger partial charge is 0.257 e. The molecule has 4 nitrogen and oxygen atoms in total. The normalized spacial score (nSPS) is 11.8. The number of aromatic nitrogens is 2. The highest BCUT2D eigenvalue weighted by atomic mass is 79.9. The molecule has 0 saturated carbocycles. The first-order valence-corrected chi connectivity index (χ1v) is 6.86. The van der Waals surface area contributed by atoms with Crippen LogP contribution in [0.5, 0.6) is 0 Å². The van der Waals surface area contributed by atoms with Crippen LogP contribution in [0.4, 0.5) is 0 Å². The summed E-state index contributed by atoms with van der Waals surface area (Å²) in [5.74, 6) is -0.0133. The fraction of sp³-hybridized carbons (Fsp3) is 0.385. The summed E-state index contributed by atoms with van der Waals surface area (Å²) in [7, 11) is 1.82. The molecule has 2 heterocycles. The van der Waals surface area contributed by atoms with Crippen molar-refractivity contribution in [3.8, 4) is 0 Å². The van der Waals surface area contributed by atoms with Crippen LogP contribution < -0.4 is 0 Å². The number of pyridine rings is 1. The summed E-state index contributed by atoms with van der Waals surface area (Å²) in [5.41, 5.74) is 1.23. The highest BCUT2D eigenvalue weighted by Gasteiger charge is 2.28. The van der Waals surface area contributed by atoms with Gasteiger partial charge in [-0.2, -0.15) is 5.10 Å². The third-order valence-electron chi connectivity index (χ3n) is 3.20. The van der Waals surface area contributed by atoms with Crippen LogP contribution in [0, 0.1) is 0 Å². The Labute approximate surface area is 115 Å². The van der Waals surface area contributed by atoms with E-state index in [2.05, 4.69) is 21.0 Å². The number of alkyl halides is 1. The Balaban J connectivity index is 2.40. The van der Waals surface area contributed by atoms with Crippen LogP contribution in [-0.4, -0.2) is 38.3 Å². The monoisotopic (exact) mass is 309 g/mol. The van der Waals surface area contributed by atoms with E-state index in [4.69, 9.17) is 0 Å². The number of nitrogens with zero attached hydrogens (tertiary/aromatic N) is 3. The molecular formula is C13H16BrN3O. The molecule has 0 unspecified atom stereocenters. The maximum Gasteiger partial charge on any atom is 0.257 e. The fourth-order valence-corrected chi connectivity index (χ4v) is 2.02. The topological polar surface area (TPSA) is 37.6 Å². The van der Waals surface area contributed by atoms with Gasteiger partial charge in [0.2, 0.25) is 0 Å². The minimum Gasteiger partial charge on any atom is -0.336 e. The second-order valence-electron chi connectivity index (χ2n) is 4.90. The first kappa shape index (κ1) is 13.1. The number of halogens is 1. The van der Waals surface area contributed by atoms with Gasteiger partial charge in [-0.15, -0.1) is 0 Å². The summed E-state index contributed by atoms with van der Waals surface area (Å²) in [5, 5.41) is 4.91. The molecule has 0 radical (unpaired) electrons. The van der Waals surface area contributed by atoms with E-state index in [-0.39, 0.29) is 11.4 Å². The third-order valence-corrected chi connectivity index (χ3v) is 4.57. The number of hydrogen-bond donors (Lipinski definition) is 0. The molecule has 0 aromatic carbocycles. The molecule has 2 aromatic rings. The molecule has 18 heavy (non-hydrogen) atoms. The molecule has 0 N–H and O–H groups in total. The highest BCUT2D eigenvalue weighted by molar-refractivity contribution is 9.09. The number of hydrogen-bond acceptors (Lipinski definition) is 2. The van der Waals surface area contributed by atoms with Crippen LogP contribution >= 0.6 is 15.9 Å². The molecule has 2 aromatic heterocycles. The molecule has 96 valence electrons. The Morgan fingerprint density at radius 2 is 2.22 bits per heavy atom. The zero-order chi connectivity index (χ0) is 13.3. The maximum absolute atomic E-state index is 12.5. The Morgan fingerprint density at radius 1 is 1.50 bits per heavy atom. The standard InChI is InChI=1S/C13H16BrN3O/c1-13(2,9-14)16(3)12(18)10-8-15-17-7-5-4-6-11(10)17/h4-8H,9H2,1-3H3. The largest absolute Gasteiger partial charge is 0.336 e. The van der Waals surface area contributed by atoms with Gasteiger partial charge in [0.1, 0.15) is 0 Å². The van der Waals surface area contributed by atoms with Gasteiger partial charge in [-0.1, -0.05) is 22.0 Å². The molecule has 0 spiro atoms. The Hall–Kier alpha value is -1.36. The first-order chi connectivity index (χ1) is 8.47. The predicted molar refractivity (Wildman–Crippen MR) is 75.2 cm³/mol. The highest BCUT2D eigenvalue weighted by Crippen LogP contribution is 2.20. The Kier molecular flexibility index (Phi) is 3.43. The van der Waals surface area contributed by atoms with Gasteiger partial charge in [0, 0.05) is 24.1 Å². The summed E-state index contributed by atoms with van der Waals surface area (Å²) < 4.78 is 1.71. The fourth-order valence-electron chi connectivity index (χ4n) is 1.64. The van der Waals surface area contributed by atoms with Gasteiger partial charge in [-0.05, 0) is 26.0 Å². The van der Waals surface area contributed by atoms with E-state index in [1.165, 1.54) is 0 Å². The van der Waals surface area contributed by atoms with Gasteiger partial charge >= 0.3 is 0 Å².